The van der Waals surface area contributed by atoms with Crippen LogP contribution in [0.15, 0.2) is 18.2 Å². The summed E-state index contributed by atoms with van der Waals surface area (Å²) in [7, 11) is 1.38. The Labute approximate surface area is 114 Å². The second kappa shape index (κ2) is 5.61. The predicted octanol–water partition coefficient (Wildman–Crippen LogP) is 2.22. The van der Waals surface area contributed by atoms with Crippen LogP contribution >= 0.6 is 0 Å². The minimum Gasteiger partial charge on any atom is -0.465 e. The summed E-state index contributed by atoms with van der Waals surface area (Å²) in [5, 5.41) is 0. The third-order valence-corrected chi connectivity index (χ3v) is 4.26. The van der Waals surface area contributed by atoms with Gasteiger partial charge in [0.2, 0.25) is 0 Å². The molecule has 0 radical (unpaired) electrons. The fraction of sp³-hybridized carbons (Fsp3) is 0.533. The Morgan fingerprint density at radius 2 is 2.00 bits per heavy atom. The lowest BCUT2D eigenvalue weighted by atomic mass is 9.68. The van der Waals surface area contributed by atoms with E-state index in [-0.39, 0.29) is 11.4 Å². The molecule has 0 amide bonds. The van der Waals surface area contributed by atoms with Gasteiger partial charge < -0.3 is 16.2 Å². The summed E-state index contributed by atoms with van der Waals surface area (Å²) < 4.78 is 4.88. The van der Waals surface area contributed by atoms with Crippen LogP contribution in [-0.4, -0.2) is 19.6 Å². The molecule has 4 N–H and O–H groups in total. The summed E-state index contributed by atoms with van der Waals surface area (Å²) in [4.78, 5) is 12.0. The molecule has 4 nitrogen and oxygen atoms in total. The molecular weight excluding hydrogens is 240 g/mol. The zero-order valence-corrected chi connectivity index (χ0v) is 11.4. The van der Waals surface area contributed by atoms with Crippen LogP contribution in [0.5, 0.6) is 0 Å². The van der Waals surface area contributed by atoms with Crippen LogP contribution in [0.1, 0.15) is 48.0 Å². The molecule has 1 aromatic rings. The minimum atomic E-state index is -0.369. The Kier molecular flexibility index (Phi) is 4.10. The number of carbonyl (C=O) groups is 1. The summed E-state index contributed by atoms with van der Waals surface area (Å²) in [5.41, 5.74) is 13.8. The van der Waals surface area contributed by atoms with Gasteiger partial charge in [0, 0.05) is 17.6 Å². The lowest BCUT2D eigenvalue weighted by molar-refractivity contribution is 0.0598. The van der Waals surface area contributed by atoms with Gasteiger partial charge in [-0.25, -0.2) is 4.79 Å². The van der Waals surface area contributed by atoms with Crippen molar-refractivity contribution in [1.29, 1.82) is 0 Å². The molecule has 0 heterocycles. The lowest BCUT2D eigenvalue weighted by Gasteiger charge is -2.38. The Morgan fingerprint density at radius 1 is 1.32 bits per heavy atom. The van der Waals surface area contributed by atoms with Gasteiger partial charge >= 0.3 is 5.97 Å². The normalized spacial score (nSPS) is 18.0. The Bertz CT molecular complexity index is 465. The highest BCUT2D eigenvalue weighted by Crippen LogP contribution is 2.41. The smallest absolute Gasteiger partial charge is 0.340 e. The van der Waals surface area contributed by atoms with Crippen LogP contribution in [-0.2, 0) is 10.2 Å². The summed E-state index contributed by atoms with van der Waals surface area (Å²) in [6.45, 7) is 0.542. The standard InChI is InChI=1S/C15H22N2O2/c1-19-14(18)13-11(6-5-7-12(13)17)15(10-16)8-3-2-4-9-15/h5-7H,2-4,8-10,16-17H2,1H3. The van der Waals surface area contributed by atoms with Crippen LogP contribution in [0, 0.1) is 0 Å². The van der Waals surface area contributed by atoms with Gasteiger partial charge in [-0.1, -0.05) is 31.4 Å². The maximum Gasteiger partial charge on any atom is 0.340 e. The quantitative estimate of drug-likeness (QED) is 0.646. The van der Waals surface area contributed by atoms with Crippen molar-refractivity contribution in [3.8, 4) is 0 Å². The number of hydrogen-bond acceptors (Lipinski definition) is 4. The lowest BCUT2D eigenvalue weighted by Crippen LogP contribution is -2.38. The van der Waals surface area contributed by atoms with Gasteiger partial charge in [0.05, 0.1) is 12.7 Å². The molecule has 4 heteroatoms. The minimum absolute atomic E-state index is 0.128. The molecular formula is C15H22N2O2. The van der Waals surface area contributed by atoms with E-state index < -0.39 is 0 Å². The first-order valence-corrected chi connectivity index (χ1v) is 6.82. The molecule has 1 saturated carbocycles. The first-order valence-electron chi connectivity index (χ1n) is 6.82. The third kappa shape index (κ3) is 2.45. The molecule has 1 fully saturated rings. The molecule has 0 atom stereocenters. The van der Waals surface area contributed by atoms with Gasteiger partial charge in [-0.05, 0) is 24.5 Å². The number of anilines is 1. The molecule has 0 saturated heterocycles. The van der Waals surface area contributed by atoms with Crippen molar-refractivity contribution in [2.75, 3.05) is 19.4 Å². The van der Waals surface area contributed by atoms with Crippen molar-refractivity contribution in [3.63, 3.8) is 0 Å². The van der Waals surface area contributed by atoms with E-state index in [0.717, 1.165) is 31.2 Å². The summed E-state index contributed by atoms with van der Waals surface area (Å²) in [6, 6.07) is 5.60. The van der Waals surface area contributed by atoms with E-state index in [1.807, 2.05) is 12.1 Å². The zero-order chi connectivity index (χ0) is 13.9. The van der Waals surface area contributed by atoms with Gasteiger partial charge in [-0.3, -0.25) is 0 Å². The fourth-order valence-corrected chi connectivity index (χ4v) is 3.15. The van der Waals surface area contributed by atoms with Gasteiger partial charge in [-0.2, -0.15) is 0 Å². The van der Waals surface area contributed by atoms with Crippen molar-refractivity contribution in [2.24, 2.45) is 5.73 Å². The summed E-state index contributed by atoms with van der Waals surface area (Å²) in [6.07, 6.45) is 5.55. The molecule has 1 aliphatic rings. The van der Waals surface area contributed by atoms with Crippen molar-refractivity contribution >= 4 is 11.7 Å². The maximum atomic E-state index is 12.0. The molecule has 1 aromatic carbocycles. The highest BCUT2D eigenvalue weighted by atomic mass is 16.5. The number of nitrogens with two attached hydrogens (primary N) is 2. The van der Waals surface area contributed by atoms with Crippen molar-refractivity contribution in [3.05, 3.63) is 29.3 Å². The van der Waals surface area contributed by atoms with Crippen LogP contribution in [0.3, 0.4) is 0 Å². The molecule has 0 aromatic heterocycles. The second-order valence-corrected chi connectivity index (χ2v) is 5.31. The second-order valence-electron chi connectivity index (χ2n) is 5.31. The van der Waals surface area contributed by atoms with E-state index >= 15 is 0 Å². The Morgan fingerprint density at radius 3 is 2.58 bits per heavy atom. The molecule has 0 spiro atoms. The topological polar surface area (TPSA) is 78.3 Å². The Hall–Kier alpha value is -1.55. The molecule has 0 aliphatic heterocycles. The van der Waals surface area contributed by atoms with Crippen LogP contribution in [0.4, 0.5) is 5.69 Å². The van der Waals surface area contributed by atoms with Gasteiger partial charge in [-0.15, -0.1) is 0 Å². The molecule has 1 aliphatic carbocycles. The van der Waals surface area contributed by atoms with Gasteiger partial charge in [0.15, 0.2) is 0 Å². The number of nitrogen functional groups attached to an aromatic ring is 1. The van der Waals surface area contributed by atoms with Crippen LogP contribution < -0.4 is 11.5 Å². The van der Waals surface area contributed by atoms with Crippen LogP contribution in [0.2, 0.25) is 0 Å². The monoisotopic (exact) mass is 262 g/mol. The largest absolute Gasteiger partial charge is 0.465 e. The summed E-state index contributed by atoms with van der Waals surface area (Å²) >= 11 is 0. The zero-order valence-electron chi connectivity index (χ0n) is 11.4. The Balaban J connectivity index is 2.53. The number of ether oxygens (including phenoxy) is 1. The van der Waals surface area contributed by atoms with E-state index in [1.165, 1.54) is 13.5 Å². The third-order valence-electron chi connectivity index (χ3n) is 4.26. The van der Waals surface area contributed by atoms with Crippen molar-refractivity contribution < 1.29 is 9.53 Å². The van der Waals surface area contributed by atoms with E-state index in [0.29, 0.717) is 17.8 Å². The fourth-order valence-electron chi connectivity index (χ4n) is 3.15. The number of esters is 1. The molecule has 0 bridgehead atoms. The highest BCUT2D eigenvalue weighted by Gasteiger charge is 2.36. The van der Waals surface area contributed by atoms with Crippen molar-refractivity contribution in [2.45, 2.75) is 37.5 Å². The number of benzene rings is 1. The van der Waals surface area contributed by atoms with E-state index in [4.69, 9.17) is 16.2 Å². The first-order chi connectivity index (χ1) is 9.14. The molecule has 2 rings (SSSR count). The van der Waals surface area contributed by atoms with Crippen LogP contribution in [0.25, 0.3) is 0 Å². The molecule has 19 heavy (non-hydrogen) atoms. The number of methoxy groups -OCH3 is 1. The number of rotatable bonds is 3. The SMILES string of the molecule is COC(=O)c1c(N)cccc1C1(CN)CCCCC1. The van der Waals surface area contributed by atoms with Crippen molar-refractivity contribution in [1.82, 2.24) is 0 Å². The predicted molar refractivity (Wildman–Crippen MR) is 76.0 cm³/mol. The van der Waals surface area contributed by atoms with E-state index in [2.05, 4.69) is 0 Å². The van der Waals surface area contributed by atoms with Gasteiger partial charge in [0.1, 0.15) is 0 Å². The molecule has 0 unspecified atom stereocenters. The highest BCUT2D eigenvalue weighted by molar-refractivity contribution is 5.97. The average molecular weight is 262 g/mol. The number of carbonyl (C=O) groups excluding carboxylic acids is 1. The van der Waals surface area contributed by atoms with E-state index in [9.17, 15) is 4.79 Å². The van der Waals surface area contributed by atoms with Gasteiger partial charge in [0.25, 0.3) is 0 Å². The maximum absolute atomic E-state index is 12.0. The van der Waals surface area contributed by atoms with E-state index in [1.54, 1.807) is 6.07 Å². The first kappa shape index (κ1) is 13.9. The molecule has 104 valence electrons. The average Bonchev–Trinajstić information content (AvgIpc) is 2.47. The summed E-state index contributed by atoms with van der Waals surface area (Å²) in [5.74, 6) is -0.369. The number of hydrogen-bond donors (Lipinski definition) is 2.